The van der Waals surface area contributed by atoms with E-state index in [-0.39, 0.29) is 5.91 Å². The first-order valence-electron chi connectivity index (χ1n) is 4.58. The molecule has 0 saturated carbocycles. The van der Waals surface area contributed by atoms with Gasteiger partial charge in [0.1, 0.15) is 5.15 Å². The zero-order chi connectivity index (χ0) is 11.3. The van der Waals surface area contributed by atoms with Crippen molar-refractivity contribution in [2.75, 3.05) is 0 Å². The Morgan fingerprint density at radius 3 is 2.87 bits per heavy atom. The van der Waals surface area contributed by atoms with E-state index in [1.54, 1.807) is 32.2 Å². The first kappa shape index (κ1) is 11.7. The third kappa shape index (κ3) is 3.67. The highest BCUT2D eigenvalue weighted by atomic mass is 35.5. The molecule has 1 rings (SSSR count). The van der Waals surface area contributed by atoms with E-state index < -0.39 is 0 Å². The van der Waals surface area contributed by atoms with Gasteiger partial charge in [0.15, 0.2) is 0 Å². The van der Waals surface area contributed by atoms with Crippen LogP contribution in [0.15, 0.2) is 23.4 Å². The van der Waals surface area contributed by atoms with Crippen LogP contribution in [0.2, 0.25) is 5.15 Å². The molecule has 0 aliphatic carbocycles. The van der Waals surface area contributed by atoms with Gasteiger partial charge < -0.3 is 0 Å². The maximum atomic E-state index is 10.9. The lowest BCUT2D eigenvalue weighted by atomic mass is 10.2. The topological polar surface area (TPSA) is 54.4 Å². The number of halogens is 1. The van der Waals surface area contributed by atoms with Gasteiger partial charge in [0.05, 0.1) is 5.71 Å². The van der Waals surface area contributed by atoms with Crippen molar-refractivity contribution in [1.82, 2.24) is 10.4 Å². The van der Waals surface area contributed by atoms with Gasteiger partial charge in [-0.2, -0.15) is 5.10 Å². The average Bonchev–Trinajstić information content (AvgIpc) is 2.26. The number of hydrogen-bond donors (Lipinski definition) is 1. The largest absolute Gasteiger partial charge is 0.273 e. The highest BCUT2D eigenvalue weighted by Gasteiger charge is 1.99. The summed E-state index contributed by atoms with van der Waals surface area (Å²) in [5.74, 6) is -0.115. The molecule has 0 aliphatic rings. The summed E-state index contributed by atoms with van der Waals surface area (Å²) in [6.07, 6.45) is 2.02. The van der Waals surface area contributed by atoms with Crippen molar-refractivity contribution in [2.24, 2.45) is 5.10 Å². The van der Waals surface area contributed by atoms with E-state index in [1.807, 2.05) is 0 Å². The van der Waals surface area contributed by atoms with Crippen LogP contribution in [0.4, 0.5) is 0 Å². The van der Waals surface area contributed by atoms with Gasteiger partial charge in [-0.1, -0.05) is 18.5 Å². The molecule has 0 aromatic carbocycles. The van der Waals surface area contributed by atoms with Crippen LogP contribution in [0, 0.1) is 0 Å². The second-order valence-electron chi connectivity index (χ2n) is 2.96. The molecule has 1 amide bonds. The molecule has 0 radical (unpaired) electrons. The SMILES string of the molecule is CCC(=O)NN=C(C)c1ccc(Cl)nc1. The van der Waals surface area contributed by atoms with E-state index in [0.29, 0.717) is 17.3 Å². The van der Waals surface area contributed by atoms with Crippen molar-refractivity contribution in [3.8, 4) is 0 Å². The molecule has 1 N–H and O–H groups in total. The minimum absolute atomic E-state index is 0.115. The summed E-state index contributed by atoms with van der Waals surface area (Å²) in [4.78, 5) is 14.9. The Labute approximate surface area is 93.4 Å². The molecular formula is C10H12ClN3O. The van der Waals surface area contributed by atoms with Crippen LogP contribution in [-0.2, 0) is 4.79 Å². The van der Waals surface area contributed by atoms with Gasteiger partial charge in [0.2, 0.25) is 5.91 Å². The summed E-state index contributed by atoms with van der Waals surface area (Å²) in [6.45, 7) is 3.56. The molecule has 1 aromatic heterocycles. The maximum absolute atomic E-state index is 10.9. The van der Waals surface area contributed by atoms with Gasteiger partial charge >= 0.3 is 0 Å². The van der Waals surface area contributed by atoms with Crippen molar-refractivity contribution >= 4 is 23.2 Å². The van der Waals surface area contributed by atoms with Crippen LogP contribution >= 0.6 is 11.6 Å². The molecule has 0 aliphatic heterocycles. The molecule has 0 unspecified atom stereocenters. The lowest BCUT2D eigenvalue weighted by molar-refractivity contribution is -0.120. The van der Waals surface area contributed by atoms with Crippen molar-refractivity contribution < 1.29 is 4.79 Å². The summed E-state index contributed by atoms with van der Waals surface area (Å²) >= 11 is 5.65. The molecule has 0 spiro atoms. The number of aromatic nitrogens is 1. The predicted molar refractivity (Wildman–Crippen MR) is 59.9 cm³/mol. The normalized spacial score (nSPS) is 11.3. The van der Waals surface area contributed by atoms with E-state index in [9.17, 15) is 4.79 Å². The highest BCUT2D eigenvalue weighted by molar-refractivity contribution is 6.29. The quantitative estimate of drug-likeness (QED) is 0.486. The monoisotopic (exact) mass is 225 g/mol. The molecule has 0 bridgehead atoms. The molecule has 1 heterocycles. The van der Waals surface area contributed by atoms with Crippen molar-refractivity contribution in [1.29, 1.82) is 0 Å². The van der Waals surface area contributed by atoms with Gasteiger partial charge in [-0.3, -0.25) is 4.79 Å². The zero-order valence-electron chi connectivity index (χ0n) is 8.62. The number of nitrogens with zero attached hydrogens (tertiary/aromatic N) is 2. The Kier molecular flexibility index (Phi) is 4.24. The lowest BCUT2D eigenvalue weighted by Crippen LogP contribution is -2.17. The van der Waals surface area contributed by atoms with Gasteiger partial charge in [-0.25, -0.2) is 10.4 Å². The molecule has 5 heteroatoms. The van der Waals surface area contributed by atoms with Gasteiger partial charge in [-0.15, -0.1) is 0 Å². The van der Waals surface area contributed by atoms with Crippen LogP contribution in [0.25, 0.3) is 0 Å². The number of carbonyl (C=O) groups excluding carboxylic acids is 1. The molecule has 80 valence electrons. The Morgan fingerprint density at radius 1 is 1.60 bits per heavy atom. The number of nitrogens with one attached hydrogen (secondary N) is 1. The fourth-order valence-electron chi connectivity index (χ4n) is 0.880. The van der Waals surface area contributed by atoms with Crippen LogP contribution in [0.1, 0.15) is 25.8 Å². The third-order valence-electron chi connectivity index (χ3n) is 1.81. The molecule has 0 fully saturated rings. The second kappa shape index (κ2) is 5.46. The van der Waals surface area contributed by atoms with Gasteiger partial charge in [0, 0.05) is 18.2 Å². The van der Waals surface area contributed by atoms with Crippen molar-refractivity contribution in [3.63, 3.8) is 0 Å². The van der Waals surface area contributed by atoms with E-state index in [4.69, 9.17) is 11.6 Å². The minimum atomic E-state index is -0.115. The lowest BCUT2D eigenvalue weighted by Gasteiger charge is -2.01. The van der Waals surface area contributed by atoms with E-state index in [1.165, 1.54) is 0 Å². The predicted octanol–water partition coefficient (Wildman–Crippen LogP) is 1.99. The standard InChI is InChI=1S/C10H12ClN3O/c1-3-10(15)14-13-7(2)8-4-5-9(11)12-6-8/h4-6H,3H2,1-2H3,(H,14,15). The van der Waals surface area contributed by atoms with Crippen molar-refractivity contribution in [3.05, 3.63) is 29.0 Å². The van der Waals surface area contributed by atoms with Gasteiger partial charge in [0.25, 0.3) is 0 Å². The zero-order valence-corrected chi connectivity index (χ0v) is 9.38. The number of amides is 1. The van der Waals surface area contributed by atoms with E-state index in [2.05, 4.69) is 15.5 Å². The average molecular weight is 226 g/mol. The molecular weight excluding hydrogens is 214 g/mol. The smallest absolute Gasteiger partial charge is 0.239 e. The Morgan fingerprint density at radius 2 is 2.33 bits per heavy atom. The number of pyridine rings is 1. The summed E-state index contributed by atoms with van der Waals surface area (Å²) in [7, 11) is 0. The fraction of sp³-hybridized carbons (Fsp3) is 0.300. The van der Waals surface area contributed by atoms with Crippen LogP contribution in [-0.4, -0.2) is 16.6 Å². The summed E-state index contributed by atoms with van der Waals surface area (Å²) in [5, 5.41) is 4.36. The Balaban J connectivity index is 2.71. The summed E-state index contributed by atoms with van der Waals surface area (Å²) in [5.41, 5.74) is 3.96. The minimum Gasteiger partial charge on any atom is -0.273 e. The Bertz CT molecular complexity index is 373. The first-order valence-corrected chi connectivity index (χ1v) is 4.96. The number of hydrazone groups is 1. The summed E-state index contributed by atoms with van der Waals surface area (Å²) < 4.78 is 0. The third-order valence-corrected chi connectivity index (χ3v) is 2.04. The highest BCUT2D eigenvalue weighted by Crippen LogP contribution is 2.05. The first-order chi connectivity index (χ1) is 7.13. The molecule has 0 atom stereocenters. The molecule has 1 aromatic rings. The maximum Gasteiger partial charge on any atom is 0.239 e. The number of rotatable bonds is 3. The number of hydrogen-bond acceptors (Lipinski definition) is 3. The summed E-state index contributed by atoms with van der Waals surface area (Å²) in [6, 6.07) is 3.48. The molecule has 15 heavy (non-hydrogen) atoms. The van der Waals surface area contributed by atoms with Crippen LogP contribution in [0.5, 0.6) is 0 Å². The fourth-order valence-corrected chi connectivity index (χ4v) is 0.991. The number of carbonyl (C=O) groups is 1. The van der Waals surface area contributed by atoms with E-state index in [0.717, 1.165) is 5.56 Å². The van der Waals surface area contributed by atoms with Crippen LogP contribution in [0.3, 0.4) is 0 Å². The Hall–Kier alpha value is -1.42. The molecule has 0 saturated heterocycles. The van der Waals surface area contributed by atoms with Crippen molar-refractivity contribution in [2.45, 2.75) is 20.3 Å². The van der Waals surface area contributed by atoms with Gasteiger partial charge in [-0.05, 0) is 19.1 Å². The second-order valence-corrected chi connectivity index (χ2v) is 3.34. The van der Waals surface area contributed by atoms with Crippen LogP contribution < -0.4 is 5.43 Å². The van der Waals surface area contributed by atoms with E-state index >= 15 is 0 Å². The molecule has 4 nitrogen and oxygen atoms in total.